The van der Waals surface area contributed by atoms with Crippen molar-refractivity contribution < 1.29 is 14.4 Å². The van der Waals surface area contributed by atoms with E-state index in [1.54, 1.807) is 49.1 Å². The van der Waals surface area contributed by atoms with Gasteiger partial charge in [0.2, 0.25) is 11.8 Å². The van der Waals surface area contributed by atoms with E-state index in [1.165, 1.54) is 0 Å². The van der Waals surface area contributed by atoms with Crippen LogP contribution < -0.4 is 15.5 Å². The van der Waals surface area contributed by atoms with Gasteiger partial charge in [0, 0.05) is 42.9 Å². The summed E-state index contributed by atoms with van der Waals surface area (Å²) in [7, 11) is 0. The van der Waals surface area contributed by atoms with Gasteiger partial charge in [-0.05, 0) is 49.2 Å². The molecule has 140 valence electrons. The number of fused-ring (bicyclic) bond motifs is 1. The van der Waals surface area contributed by atoms with E-state index in [0.29, 0.717) is 17.8 Å². The molecule has 0 saturated heterocycles. The molecule has 1 heterocycles. The molecule has 0 radical (unpaired) electrons. The van der Waals surface area contributed by atoms with Crippen LogP contribution in [0, 0.1) is 0 Å². The van der Waals surface area contributed by atoms with Crippen LogP contribution in [0.25, 0.3) is 0 Å². The van der Waals surface area contributed by atoms with E-state index in [2.05, 4.69) is 10.6 Å². The summed E-state index contributed by atoms with van der Waals surface area (Å²) >= 11 is 0. The van der Waals surface area contributed by atoms with Crippen molar-refractivity contribution in [1.29, 1.82) is 0 Å². The van der Waals surface area contributed by atoms with Crippen molar-refractivity contribution in [2.45, 2.75) is 32.7 Å². The van der Waals surface area contributed by atoms with Crippen LogP contribution in [0.5, 0.6) is 0 Å². The average molecular weight is 365 g/mol. The first-order valence-electron chi connectivity index (χ1n) is 9.01. The van der Waals surface area contributed by atoms with Gasteiger partial charge in [-0.15, -0.1) is 0 Å². The van der Waals surface area contributed by atoms with Crippen LogP contribution in [0.4, 0.5) is 11.4 Å². The summed E-state index contributed by atoms with van der Waals surface area (Å²) in [6, 6.07) is 14.2. The number of carbonyl (C=O) groups is 3. The first-order valence-corrected chi connectivity index (χ1v) is 9.01. The van der Waals surface area contributed by atoms with Crippen LogP contribution in [0.15, 0.2) is 48.5 Å². The van der Waals surface area contributed by atoms with E-state index in [-0.39, 0.29) is 30.2 Å². The molecular weight excluding hydrogens is 342 g/mol. The number of rotatable bonds is 5. The summed E-state index contributed by atoms with van der Waals surface area (Å²) in [5.74, 6) is -0.344. The largest absolute Gasteiger partial charge is 0.349 e. The Morgan fingerprint density at radius 1 is 1.11 bits per heavy atom. The molecule has 1 aliphatic heterocycles. The van der Waals surface area contributed by atoms with Crippen LogP contribution in [-0.2, 0) is 16.0 Å². The van der Waals surface area contributed by atoms with Crippen LogP contribution >= 0.6 is 0 Å². The summed E-state index contributed by atoms with van der Waals surface area (Å²) in [6.45, 7) is 4.02. The molecule has 2 aromatic rings. The smallest absolute Gasteiger partial charge is 0.251 e. The minimum Gasteiger partial charge on any atom is -0.349 e. The third kappa shape index (κ3) is 4.53. The molecule has 6 nitrogen and oxygen atoms in total. The second-order valence-corrected chi connectivity index (χ2v) is 6.76. The zero-order valence-electron chi connectivity index (χ0n) is 15.5. The normalized spacial score (nSPS) is 13.6. The Morgan fingerprint density at radius 2 is 1.85 bits per heavy atom. The fourth-order valence-corrected chi connectivity index (χ4v) is 3.24. The number of hydrogen-bond acceptors (Lipinski definition) is 3. The van der Waals surface area contributed by atoms with Gasteiger partial charge in [0.15, 0.2) is 0 Å². The highest BCUT2D eigenvalue weighted by Gasteiger charge is 2.22. The number of hydrogen-bond donors (Lipinski definition) is 2. The molecule has 6 heteroatoms. The lowest BCUT2D eigenvalue weighted by Gasteiger charge is -2.16. The number of anilines is 2. The van der Waals surface area contributed by atoms with Crippen LogP contribution in [0.1, 0.15) is 36.2 Å². The fraction of sp³-hybridized carbons (Fsp3) is 0.286. The fourth-order valence-electron chi connectivity index (χ4n) is 3.24. The van der Waals surface area contributed by atoms with Gasteiger partial charge in [-0.3, -0.25) is 14.4 Å². The van der Waals surface area contributed by atoms with E-state index < -0.39 is 0 Å². The van der Waals surface area contributed by atoms with Crippen molar-refractivity contribution in [2.24, 2.45) is 0 Å². The second kappa shape index (κ2) is 8.03. The summed E-state index contributed by atoms with van der Waals surface area (Å²) in [5.41, 5.74) is 3.22. The van der Waals surface area contributed by atoms with Crippen molar-refractivity contribution in [3.05, 3.63) is 59.7 Å². The standard InChI is InChI=1S/C21H23N3O3/c1-14(22-21(27)16-6-4-3-5-7-16)12-20(26)23-18-8-9-19-17(13-18)10-11-24(19)15(2)25/h3-9,13-14H,10-12H2,1-2H3,(H,22,27)(H,23,26). The topological polar surface area (TPSA) is 78.5 Å². The molecule has 0 aliphatic carbocycles. The Kier molecular flexibility index (Phi) is 5.54. The van der Waals surface area contributed by atoms with Gasteiger partial charge in [-0.1, -0.05) is 18.2 Å². The Bertz CT molecular complexity index is 864. The zero-order chi connectivity index (χ0) is 19.4. The molecule has 0 bridgehead atoms. The van der Waals surface area contributed by atoms with Gasteiger partial charge in [0.25, 0.3) is 5.91 Å². The van der Waals surface area contributed by atoms with Crippen molar-refractivity contribution in [3.8, 4) is 0 Å². The molecule has 0 spiro atoms. The number of nitrogens with one attached hydrogen (secondary N) is 2. The lowest BCUT2D eigenvalue weighted by Crippen LogP contribution is -2.35. The Balaban J connectivity index is 1.55. The molecule has 1 unspecified atom stereocenters. The van der Waals surface area contributed by atoms with E-state index in [0.717, 1.165) is 17.7 Å². The molecule has 1 aliphatic rings. The number of benzene rings is 2. The van der Waals surface area contributed by atoms with Crippen molar-refractivity contribution in [1.82, 2.24) is 5.32 Å². The maximum absolute atomic E-state index is 12.3. The van der Waals surface area contributed by atoms with Crippen LogP contribution in [-0.4, -0.2) is 30.3 Å². The highest BCUT2D eigenvalue weighted by molar-refractivity contribution is 5.97. The van der Waals surface area contributed by atoms with E-state index >= 15 is 0 Å². The second-order valence-electron chi connectivity index (χ2n) is 6.76. The monoisotopic (exact) mass is 365 g/mol. The number of nitrogens with zero attached hydrogens (tertiary/aromatic N) is 1. The average Bonchev–Trinajstić information content (AvgIpc) is 3.05. The molecule has 2 aromatic carbocycles. The molecule has 1 atom stereocenters. The zero-order valence-corrected chi connectivity index (χ0v) is 15.5. The minimum atomic E-state index is -0.291. The van der Waals surface area contributed by atoms with Gasteiger partial charge in [0.05, 0.1) is 0 Å². The summed E-state index contributed by atoms with van der Waals surface area (Å²) < 4.78 is 0. The lowest BCUT2D eigenvalue weighted by molar-refractivity contribution is -0.117. The van der Waals surface area contributed by atoms with Crippen LogP contribution in [0.2, 0.25) is 0 Å². The molecule has 3 amide bonds. The summed E-state index contributed by atoms with van der Waals surface area (Å²) in [5, 5.41) is 5.69. The van der Waals surface area contributed by atoms with Crippen LogP contribution in [0.3, 0.4) is 0 Å². The maximum Gasteiger partial charge on any atom is 0.251 e. The van der Waals surface area contributed by atoms with Gasteiger partial charge in [0.1, 0.15) is 0 Å². The van der Waals surface area contributed by atoms with E-state index in [9.17, 15) is 14.4 Å². The molecule has 2 N–H and O–H groups in total. The lowest BCUT2D eigenvalue weighted by atomic mass is 10.1. The van der Waals surface area contributed by atoms with Gasteiger partial charge < -0.3 is 15.5 Å². The first kappa shape index (κ1) is 18.6. The number of carbonyl (C=O) groups excluding carboxylic acids is 3. The molecule has 3 rings (SSSR count). The molecular formula is C21H23N3O3. The molecule has 27 heavy (non-hydrogen) atoms. The van der Waals surface area contributed by atoms with Crippen molar-refractivity contribution >= 4 is 29.1 Å². The van der Waals surface area contributed by atoms with E-state index in [1.807, 2.05) is 18.2 Å². The summed E-state index contributed by atoms with van der Waals surface area (Å²) in [6.07, 6.45) is 0.956. The SMILES string of the molecule is CC(=O)N1CCc2cc(NC(=O)CC(C)NC(=O)c3ccccc3)ccc21. The highest BCUT2D eigenvalue weighted by Crippen LogP contribution is 2.30. The summed E-state index contributed by atoms with van der Waals surface area (Å²) in [4.78, 5) is 37.8. The predicted molar refractivity (Wildman–Crippen MR) is 105 cm³/mol. The molecule has 0 saturated carbocycles. The first-order chi connectivity index (χ1) is 12.9. The van der Waals surface area contributed by atoms with Crippen molar-refractivity contribution in [3.63, 3.8) is 0 Å². The predicted octanol–water partition coefficient (Wildman–Crippen LogP) is 2.74. The molecule has 0 fully saturated rings. The Labute approximate surface area is 158 Å². The minimum absolute atomic E-state index is 0.0218. The number of amides is 3. The Hall–Kier alpha value is -3.15. The third-order valence-corrected chi connectivity index (χ3v) is 4.54. The van der Waals surface area contributed by atoms with Crippen molar-refractivity contribution in [2.75, 3.05) is 16.8 Å². The maximum atomic E-state index is 12.3. The van der Waals surface area contributed by atoms with E-state index in [4.69, 9.17) is 0 Å². The Morgan fingerprint density at radius 3 is 2.56 bits per heavy atom. The van der Waals surface area contributed by atoms with Gasteiger partial charge in [-0.2, -0.15) is 0 Å². The quantitative estimate of drug-likeness (QED) is 0.855. The van der Waals surface area contributed by atoms with Gasteiger partial charge in [-0.25, -0.2) is 0 Å². The molecule has 0 aromatic heterocycles. The van der Waals surface area contributed by atoms with Gasteiger partial charge >= 0.3 is 0 Å². The highest BCUT2D eigenvalue weighted by atomic mass is 16.2. The third-order valence-electron chi connectivity index (χ3n) is 4.54.